The van der Waals surface area contributed by atoms with E-state index in [4.69, 9.17) is 0 Å². The van der Waals surface area contributed by atoms with Crippen LogP contribution in [0.3, 0.4) is 0 Å². The summed E-state index contributed by atoms with van der Waals surface area (Å²) in [6.07, 6.45) is 3.36. The number of nitrogens with zero attached hydrogens (tertiary/aromatic N) is 4. The average Bonchev–Trinajstić information content (AvgIpc) is 2.69. The first-order chi connectivity index (χ1) is 7.86. The standard InChI is InChI=1S/C12H10N4.Ir/c1-15-9-16(10-5-3-2-4-6-10)12-11(15)7-13-8-14-12;/h2-5,7-9H,1H3;/q-2;. The summed E-state index contributed by atoms with van der Waals surface area (Å²) in [6.45, 7) is 1.98. The Kier molecular flexibility index (Phi) is 3.40. The van der Waals surface area contributed by atoms with Gasteiger partial charge in [0, 0.05) is 20.1 Å². The number of rotatable bonds is 1. The maximum Gasteiger partial charge on any atom is 0.128 e. The van der Waals surface area contributed by atoms with Crippen molar-refractivity contribution in [2.75, 3.05) is 16.8 Å². The van der Waals surface area contributed by atoms with Crippen LogP contribution >= 0.6 is 0 Å². The van der Waals surface area contributed by atoms with Gasteiger partial charge >= 0.3 is 0 Å². The van der Waals surface area contributed by atoms with Crippen LogP contribution in [0.4, 0.5) is 17.2 Å². The fraction of sp³-hybridized carbons (Fsp3) is 0.0833. The monoisotopic (exact) mass is 403 g/mol. The van der Waals surface area contributed by atoms with E-state index in [-0.39, 0.29) is 20.1 Å². The molecular weight excluding hydrogens is 392 g/mol. The second-order valence-electron chi connectivity index (χ2n) is 3.58. The van der Waals surface area contributed by atoms with Gasteiger partial charge in [0.05, 0.1) is 11.9 Å². The van der Waals surface area contributed by atoms with Gasteiger partial charge in [-0.1, -0.05) is 0 Å². The molecule has 0 N–H and O–H groups in total. The molecule has 2 aromatic rings. The minimum Gasteiger partial charge on any atom is -0.501 e. The van der Waals surface area contributed by atoms with Gasteiger partial charge in [0.15, 0.2) is 0 Å². The third-order valence-corrected chi connectivity index (χ3v) is 2.52. The Morgan fingerprint density at radius 2 is 2.24 bits per heavy atom. The number of benzene rings is 1. The zero-order chi connectivity index (χ0) is 11.0. The van der Waals surface area contributed by atoms with Gasteiger partial charge in [-0.2, -0.15) is 37.0 Å². The number of aromatic nitrogens is 2. The van der Waals surface area contributed by atoms with Crippen LogP contribution in [0.25, 0.3) is 0 Å². The molecule has 0 saturated heterocycles. The molecule has 89 valence electrons. The summed E-state index contributed by atoms with van der Waals surface area (Å²) in [5.41, 5.74) is 1.98. The fourth-order valence-electron chi connectivity index (χ4n) is 1.75. The normalized spacial score (nSPS) is 13.2. The van der Waals surface area contributed by atoms with E-state index in [0.717, 1.165) is 17.2 Å². The molecular formula is C12H10IrN4-2. The van der Waals surface area contributed by atoms with Crippen LogP contribution in [0.5, 0.6) is 0 Å². The number of fused-ring (bicyclic) bond motifs is 1. The van der Waals surface area contributed by atoms with Gasteiger partial charge in [0.1, 0.15) is 12.1 Å². The predicted molar refractivity (Wildman–Crippen MR) is 62.2 cm³/mol. The smallest absolute Gasteiger partial charge is 0.128 e. The molecule has 0 spiro atoms. The van der Waals surface area contributed by atoms with Gasteiger partial charge in [-0.15, -0.1) is 5.69 Å². The summed E-state index contributed by atoms with van der Waals surface area (Å²) in [4.78, 5) is 12.3. The first-order valence-electron chi connectivity index (χ1n) is 5.00. The molecule has 0 unspecified atom stereocenters. The molecule has 4 nitrogen and oxygen atoms in total. The number of para-hydroxylation sites is 1. The summed E-state index contributed by atoms with van der Waals surface area (Å²) in [7, 11) is 1.98. The molecule has 1 aromatic heterocycles. The average molecular weight is 402 g/mol. The van der Waals surface area contributed by atoms with Gasteiger partial charge in [0.25, 0.3) is 0 Å². The van der Waals surface area contributed by atoms with Crippen molar-refractivity contribution in [2.45, 2.75) is 0 Å². The second kappa shape index (κ2) is 4.82. The maximum atomic E-state index is 4.29. The Morgan fingerprint density at radius 1 is 1.35 bits per heavy atom. The van der Waals surface area contributed by atoms with Crippen molar-refractivity contribution < 1.29 is 20.1 Å². The molecule has 1 aliphatic rings. The minimum absolute atomic E-state index is 0. The SMILES string of the molecule is CN1[CH-]N(c2[c-]cccc2)c2ncncc21.[Ir]. The molecule has 0 atom stereocenters. The van der Waals surface area contributed by atoms with Crippen LogP contribution in [0, 0.1) is 12.7 Å². The zero-order valence-electron chi connectivity index (χ0n) is 9.16. The Labute approximate surface area is 114 Å². The van der Waals surface area contributed by atoms with E-state index in [1.165, 1.54) is 0 Å². The van der Waals surface area contributed by atoms with E-state index in [9.17, 15) is 0 Å². The topological polar surface area (TPSA) is 32.3 Å². The van der Waals surface area contributed by atoms with E-state index in [0.29, 0.717) is 0 Å². The second-order valence-corrected chi connectivity index (χ2v) is 3.58. The summed E-state index contributed by atoms with van der Waals surface area (Å²) in [5, 5.41) is 0. The van der Waals surface area contributed by atoms with Crippen LogP contribution in [-0.2, 0) is 20.1 Å². The van der Waals surface area contributed by atoms with Gasteiger partial charge < -0.3 is 9.80 Å². The number of anilines is 3. The molecule has 0 bridgehead atoms. The third-order valence-electron chi connectivity index (χ3n) is 2.52. The molecule has 0 amide bonds. The van der Waals surface area contributed by atoms with Gasteiger partial charge in [-0.05, 0) is 7.05 Å². The van der Waals surface area contributed by atoms with Gasteiger partial charge in [-0.25, -0.2) is 9.97 Å². The first-order valence-corrected chi connectivity index (χ1v) is 5.00. The molecule has 17 heavy (non-hydrogen) atoms. The van der Waals surface area contributed by atoms with Crippen LogP contribution < -0.4 is 9.80 Å². The van der Waals surface area contributed by atoms with Crippen molar-refractivity contribution in [2.24, 2.45) is 0 Å². The van der Waals surface area contributed by atoms with Crippen LogP contribution in [0.15, 0.2) is 36.8 Å². The molecule has 1 aromatic carbocycles. The van der Waals surface area contributed by atoms with Crippen molar-refractivity contribution in [1.29, 1.82) is 0 Å². The number of hydrogen-bond acceptors (Lipinski definition) is 4. The Balaban J connectivity index is 0.00000108. The quantitative estimate of drug-likeness (QED) is 0.683. The minimum atomic E-state index is 0. The van der Waals surface area contributed by atoms with E-state index in [1.807, 2.05) is 54.0 Å². The van der Waals surface area contributed by atoms with E-state index < -0.39 is 0 Å². The fourth-order valence-corrected chi connectivity index (χ4v) is 1.75. The van der Waals surface area contributed by atoms with Crippen LogP contribution in [0.1, 0.15) is 0 Å². The summed E-state index contributed by atoms with van der Waals surface area (Å²) < 4.78 is 0. The molecule has 1 radical (unpaired) electrons. The van der Waals surface area contributed by atoms with E-state index in [1.54, 1.807) is 6.33 Å². The molecule has 1 aliphatic heterocycles. The van der Waals surface area contributed by atoms with Crippen molar-refractivity contribution in [3.8, 4) is 0 Å². The predicted octanol–water partition coefficient (Wildman–Crippen LogP) is 1.98. The summed E-state index contributed by atoms with van der Waals surface area (Å²) in [6, 6.07) is 11.0. The summed E-state index contributed by atoms with van der Waals surface area (Å²) in [5.74, 6) is 0.889. The van der Waals surface area contributed by atoms with E-state index >= 15 is 0 Å². The maximum absolute atomic E-state index is 4.29. The first kappa shape index (κ1) is 12.0. The van der Waals surface area contributed by atoms with Crippen LogP contribution in [0.2, 0.25) is 0 Å². The molecule has 0 saturated carbocycles. The Morgan fingerprint density at radius 3 is 3.00 bits per heavy atom. The third kappa shape index (κ3) is 2.04. The molecule has 5 heteroatoms. The largest absolute Gasteiger partial charge is 0.501 e. The Hall–Kier alpha value is -1.45. The molecule has 3 rings (SSSR count). The van der Waals surface area contributed by atoms with Crippen LogP contribution in [-0.4, -0.2) is 17.0 Å². The molecule has 0 aliphatic carbocycles. The molecule has 0 fully saturated rings. The Bertz CT molecular complexity index is 503. The van der Waals surface area contributed by atoms with Crippen molar-refractivity contribution in [3.05, 3.63) is 49.5 Å². The van der Waals surface area contributed by atoms with Gasteiger partial charge in [0.2, 0.25) is 0 Å². The number of hydrogen-bond donors (Lipinski definition) is 0. The molecule has 2 heterocycles. The van der Waals surface area contributed by atoms with Crippen molar-refractivity contribution in [3.63, 3.8) is 0 Å². The summed E-state index contributed by atoms with van der Waals surface area (Å²) >= 11 is 0. The zero-order valence-corrected chi connectivity index (χ0v) is 11.6. The van der Waals surface area contributed by atoms with E-state index in [2.05, 4.69) is 16.0 Å². The van der Waals surface area contributed by atoms with Gasteiger partial charge in [-0.3, -0.25) is 0 Å². The van der Waals surface area contributed by atoms with Crippen molar-refractivity contribution in [1.82, 2.24) is 9.97 Å². The van der Waals surface area contributed by atoms with Crippen molar-refractivity contribution >= 4 is 17.2 Å².